The Bertz CT molecular complexity index is 599. The SMILES string of the molecule is Cc1ccc(C(=O)Nc2ccncc2N)cc1Cl. The van der Waals surface area contributed by atoms with E-state index < -0.39 is 0 Å². The van der Waals surface area contributed by atoms with E-state index in [4.69, 9.17) is 17.3 Å². The Balaban J connectivity index is 2.22. The Morgan fingerprint density at radius 2 is 2.17 bits per heavy atom. The minimum absolute atomic E-state index is 0.255. The minimum atomic E-state index is -0.255. The summed E-state index contributed by atoms with van der Waals surface area (Å²) in [5.74, 6) is -0.255. The molecule has 1 amide bonds. The molecule has 1 aromatic heterocycles. The first kappa shape index (κ1) is 12.4. The lowest BCUT2D eigenvalue weighted by atomic mass is 10.1. The maximum Gasteiger partial charge on any atom is 0.255 e. The molecule has 0 spiro atoms. The summed E-state index contributed by atoms with van der Waals surface area (Å²) < 4.78 is 0. The number of pyridine rings is 1. The number of carbonyl (C=O) groups is 1. The number of anilines is 2. The molecule has 0 aliphatic carbocycles. The first-order chi connectivity index (χ1) is 8.58. The highest BCUT2D eigenvalue weighted by atomic mass is 35.5. The van der Waals surface area contributed by atoms with E-state index in [1.807, 2.05) is 6.92 Å². The van der Waals surface area contributed by atoms with Gasteiger partial charge in [0.2, 0.25) is 0 Å². The van der Waals surface area contributed by atoms with Gasteiger partial charge in [0.25, 0.3) is 5.91 Å². The lowest BCUT2D eigenvalue weighted by Gasteiger charge is -2.08. The molecule has 1 aromatic carbocycles. The third kappa shape index (κ3) is 2.60. The molecule has 0 saturated carbocycles. The fourth-order valence-corrected chi connectivity index (χ4v) is 1.63. The van der Waals surface area contributed by atoms with E-state index in [0.29, 0.717) is 22.0 Å². The van der Waals surface area contributed by atoms with Crippen molar-refractivity contribution in [3.63, 3.8) is 0 Å². The smallest absolute Gasteiger partial charge is 0.255 e. The zero-order valence-electron chi connectivity index (χ0n) is 9.77. The van der Waals surface area contributed by atoms with Crippen molar-refractivity contribution in [1.82, 2.24) is 4.98 Å². The first-order valence-electron chi connectivity index (χ1n) is 5.35. The Morgan fingerprint density at radius 1 is 1.39 bits per heavy atom. The largest absolute Gasteiger partial charge is 0.396 e. The Labute approximate surface area is 110 Å². The summed E-state index contributed by atoms with van der Waals surface area (Å²) in [6, 6.07) is 6.79. The highest BCUT2D eigenvalue weighted by Gasteiger charge is 2.09. The highest BCUT2D eigenvalue weighted by Crippen LogP contribution is 2.19. The van der Waals surface area contributed by atoms with Crippen LogP contribution in [0.15, 0.2) is 36.7 Å². The number of nitrogens with two attached hydrogens (primary N) is 1. The van der Waals surface area contributed by atoms with Crippen LogP contribution < -0.4 is 11.1 Å². The third-order valence-corrected chi connectivity index (χ3v) is 2.94. The molecule has 3 N–H and O–H groups in total. The monoisotopic (exact) mass is 261 g/mol. The molecule has 2 rings (SSSR count). The van der Waals surface area contributed by atoms with Gasteiger partial charge >= 0.3 is 0 Å². The normalized spacial score (nSPS) is 10.1. The summed E-state index contributed by atoms with van der Waals surface area (Å²) >= 11 is 5.98. The molecule has 4 nitrogen and oxygen atoms in total. The fourth-order valence-electron chi connectivity index (χ4n) is 1.45. The molecular weight excluding hydrogens is 250 g/mol. The average Bonchev–Trinajstić information content (AvgIpc) is 2.35. The van der Waals surface area contributed by atoms with Crippen LogP contribution in [-0.2, 0) is 0 Å². The van der Waals surface area contributed by atoms with Crippen molar-refractivity contribution in [2.75, 3.05) is 11.1 Å². The number of amides is 1. The van der Waals surface area contributed by atoms with Crippen LogP contribution in [0.2, 0.25) is 5.02 Å². The van der Waals surface area contributed by atoms with Crippen LogP contribution in [0.25, 0.3) is 0 Å². The van der Waals surface area contributed by atoms with E-state index in [0.717, 1.165) is 5.56 Å². The Kier molecular flexibility index (Phi) is 3.48. The van der Waals surface area contributed by atoms with E-state index in [1.54, 1.807) is 30.5 Å². The predicted molar refractivity (Wildman–Crippen MR) is 72.8 cm³/mol. The van der Waals surface area contributed by atoms with Crippen molar-refractivity contribution < 1.29 is 4.79 Å². The van der Waals surface area contributed by atoms with Crippen LogP contribution in [-0.4, -0.2) is 10.9 Å². The zero-order valence-corrected chi connectivity index (χ0v) is 10.5. The van der Waals surface area contributed by atoms with Crippen LogP contribution in [0, 0.1) is 6.92 Å². The number of aryl methyl sites for hydroxylation is 1. The topological polar surface area (TPSA) is 68.0 Å². The molecule has 0 radical (unpaired) electrons. The average molecular weight is 262 g/mol. The molecule has 0 saturated heterocycles. The number of nitrogens with zero attached hydrogens (tertiary/aromatic N) is 1. The molecule has 18 heavy (non-hydrogen) atoms. The number of halogens is 1. The predicted octanol–water partition coefficient (Wildman–Crippen LogP) is 2.88. The minimum Gasteiger partial charge on any atom is -0.396 e. The number of benzene rings is 1. The van der Waals surface area contributed by atoms with Crippen molar-refractivity contribution in [3.05, 3.63) is 52.8 Å². The molecule has 0 fully saturated rings. The zero-order chi connectivity index (χ0) is 13.1. The van der Waals surface area contributed by atoms with Gasteiger partial charge in [-0.05, 0) is 30.7 Å². The van der Waals surface area contributed by atoms with Crippen molar-refractivity contribution >= 4 is 28.9 Å². The van der Waals surface area contributed by atoms with Gasteiger partial charge in [0.05, 0.1) is 17.6 Å². The lowest BCUT2D eigenvalue weighted by molar-refractivity contribution is 0.102. The molecule has 0 aliphatic heterocycles. The molecule has 0 aliphatic rings. The van der Waals surface area contributed by atoms with E-state index in [1.165, 1.54) is 6.20 Å². The fraction of sp³-hybridized carbons (Fsp3) is 0.0769. The van der Waals surface area contributed by atoms with E-state index in [9.17, 15) is 4.79 Å². The third-order valence-electron chi connectivity index (χ3n) is 2.53. The van der Waals surface area contributed by atoms with Gasteiger partial charge < -0.3 is 11.1 Å². The maximum absolute atomic E-state index is 12.0. The number of rotatable bonds is 2. The second-order valence-corrected chi connectivity index (χ2v) is 4.29. The van der Waals surface area contributed by atoms with Crippen molar-refractivity contribution in [2.45, 2.75) is 6.92 Å². The Morgan fingerprint density at radius 3 is 2.83 bits per heavy atom. The van der Waals surface area contributed by atoms with Gasteiger partial charge in [0, 0.05) is 16.8 Å². The van der Waals surface area contributed by atoms with Crippen LogP contribution in [0.5, 0.6) is 0 Å². The summed E-state index contributed by atoms with van der Waals surface area (Å²) in [7, 11) is 0. The number of nitrogen functional groups attached to an aromatic ring is 1. The van der Waals surface area contributed by atoms with Crippen LogP contribution in [0.1, 0.15) is 15.9 Å². The van der Waals surface area contributed by atoms with Gasteiger partial charge in [-0.15, -0.1) is 0 Å². The van der Waals surface area contributed by atoms with Crippen molar-refractivity contribution in [2.24, 2.45) is 0 Å². The standard InChI is InChI=1S/C13H12ClN3O/c1-8-2-3-9(6-10(8)14)13(18)17-12-4-5-16-7-11(12)15/h2-7H,15H2,1H3,(H,16,17,18). The second-order valence-electron chi connectivity index (χ2n) is 3.88. The highest BCUT2D eigenvalue weighted by molar-refractivity contribution is 6.31. The molecule has 2 aromatic rings. The molecule has 0 atom stereocenters. The number of hydrogen-bond donors (Lipinski definition) is 2. The summed E-state index contributed by atoms with van der Waals surface area (Å²) in [6.45, 7) is 1.88. The van der Waals surface area contributed by atoms with Gasteiger partial charge in [0.15, 0.2) is 0 Å². The quantitative estimate of drug-likeness (QED) is 0.873. The number of carbonyl (C=O) groups excluding carboxylic acids is 1. The van der Waals surface area contributed by atoms with Crippen LogP contribution in [0.4, 0.5) is 11.4 Å². The molecule has 0 unspecified atom stereocenters. The van der Waals surface area contributed by atoms with E-state index >= 15 is 0 Å². The van der Waals surface area contributed by atoms with Gasteiger partial charge in [0.1, 0.15) is 0 Å². The molecule has 92 valence electrons. The molecule has 5 heteroatoms. The maximum atomic E-state index is 12.0. The lowest BCUT2D eigenvalue weighted by Crippen LogP contribution is -2.13. The van der Waals surface area contributed by atoms with Crippen molar-refractivity contribution in [1.29, 1.82) is 0 Å². The number of nitrogens with one attached hydrogen (secondary N) is 1. The number of hydrogen-bond acceptors (Lipinski definition) is 3. The number of aromatic nitrogens is 1. The second kappa shape index (κ2) is 5.06. The summed E-state index contributed by atoms with van der Waals surface area (Å²) in [5, 5.41) is 3.27. The summed E-state index contributed by atoms with van der Waals surface area (Å²) in [4.78, 5) is 15.8. The molecule has 0 bridgehead atoms. The van der Waals surface area contributed by atoms with Gasteiger partial charge in [-0.3, -0.25) is 9.78 Å². The molecular formula is C13H12ClN3O. The van der Waals surface area contributed by atoms with Crippen LogP contribution >= 0.6 is 11.6 Å². The summed E-state index contributed by atoms with van der Waals surface area (Å²) in [6.07, 6.45) is 3.05. The van der Waals surface area contributed by atoms with Gasteiger partial charge in [-0.25, -0.2) is 0 Å². The van der Waals surface area contributed by atoms with Crippen molar-refractivity contribution in [3.8, 4) is 0 Å². The Hall–Kier alpha value is -2.07. The summed E-state index contributed by atoms with van der Waals surface area (Å²) in [5.41, 5.74) is 8.07. The molecule has 1 heterocycles. The van der Waals surface area contributed by atoms with Gasteiger partial charge in [-0.2, -0.15) is 0 Å². The van der Waals surface area contributed by atoms with Gasteiger partial charge in [-0.1, -0.05) is 17.7 Å². The van der Waals surface area contributed by atoms with E-state index in [-0.39, 0.29) is 5.91 Å². The first-order valence-corrected chi connectivity index (χ1v) is 5.72. The van der Waals surface area contributed by atoms with E-state index in [2.05, 4.69) is 10.3 Å². The van der Waals surface area contributed by atoms with Crippen LogP contribution in [0.3, 0.4) is 0 Å².